The molecule has 1 rings (SSSR count). The lowest BCUT2D eigenvalue weighted by Crippen LogP contribution is -2.37. The normalized spacial score (nSPS) is 25.5. The number of hydrogen-bond acceptors (Lipinski definition) is 2. The van der Waals surface area contributed by atoms with Gasteiger partial charge in [-0.15, -0.1) is 0 Å². The van der Waals surface area contributed by atoms with Crippen LogP contribution in [-0.2, 0) is 0 Å². The zero-order chi connectivity index (χ0) is 8.97. The van der Waals surface area contributed by atoms with Gasteiger partial charge in [0, 0.05) is 12.6 Å². The molecule has 1 fully saturated rings. The first-order valence-corrected chi connectivity index (χ1v) is 4.39. The molecule has 72 valence electrons. The molecule has 2 nitrogen and oxygen atoms in total. The summed E-state index contributed by atoms with van der Waals surface area (Å²) in [7, 11) is 2.04. The zero-order valence-electron chi connectivity index (χ0n) is 7.39. The van der Waals surface area contributed by atoms with Crippen molar-refractivity contribution in [2.45, 2.75) is 25.3 Å². The molecule has 0 aromatic rings. The Balaban J connectivity index is 2.06. The van der Waals surface area contributed by atoms with Crippen LogP contribution in [0.1, 0.15) is 12.8 Å². The summed E-state index contributed by atoms with van der Waals surface area (Å²) in [6, 6.07) is 0.462. The molecule has 4 heteroatoms. The second-order valence-electron chi connectivity index (χ2n) is 3.33. The highest BCUT2D eigenvalue weighted by molar-refractivity contribution is 4.77. The summed E-state index contributed by atoms with van der Waals surface area (Å²) in [5.41, 5.74) is 0. The van der Waals surface area contributed by atoms with E-state index in [2.05, 4.69) is 10.2 Å². The molecule has 0 aromatic heterocycles. The molecule has 0 spiro atoms. The highest BCUT2D eigenvalue weighted by atomic mass is 19.3. The summed E-state index contributed by atoms with van der Waals surface area (Å²) in [5, 5.41) is 2.77. The van der Waals surface area contributed by atoms with Crippen molar-refractivity contribution in [2.75, 3.05) is 26.7 Å². The van der Waals surface area contributed by atoms with Gasteiger partial charge in [0.15, 0.2) is 0 Å². The third-order valence-electron chi connectivity index (χ3n) is 2.35. The number of halogens is 2. The highest BCUT2D eigenvalue weighted by Crippen LogP contribution is 2.13. The van der Waals surface area contributed by atoms with Gasteiger partial charge < -0.3 is 10.2 Å². The number of alkyl halides is 2. The van der Waals surface area contributed by atoms with Crippen LogP contribution in [0, 0.1) is 0 Å². The van der Waals surface area contributed by atoms with Crippen LogP contribution in [0.5, 0.6) is 0 Å². The maximum Gasteiger partial charge on any atom is 0.250 e. The first-order valence-electron chi connectivity index (χ1n) is 4.39. The van der Waals surface area contributed by atoms with E-state index < -0.39 is 6.43 Å². The largest absolute Gasteiger partial charge is 0.310 e. The van der Waals surface area contributed by atoms with E-state index >= 15 is 0 Å². The topological polar surface area (TPSA) is 15.3 Å². The molecule has 0 bridgehead atoms. The molecule has 0 radical (unpaired) electrons. The van der Waals surface area contributed by atoms with Crippen LogP contribution in [0.3, 0.4) is 0 Å². The minimum absolute atomic E-state index is 0.176. The van der Waals surface area contributed by atoms with Crippen molar-refractivity contribution in [3.05, 3.63) is 0 Å². The van der Waals surface area contributed by atoms with Crippen LogP contribution in [0.4, 0.5) is 8.78 Å². The fourth-order valence-corrected chi connectivity index (χ4v) is 1.60. The number of likely N-dealkylation sites (N-methyl/N-ethyl adjacent to an activating group) is 1. The minimum atomic E-state index is -2.23. The van der Waals surface area contributed by atoms with Crippen molar-refractivity contribution in [3.63, 3.8) is 0 Å². The number of hydrogen-bond donors (Lipinski definition) is 1. The Morgan fingerprint density at radius 2 is 2.33 bits per heavy atom. The molecule has 0 aliphatic carbocycles. The predicted octanol–water partition coefficient (Wildman–Crippen LogP) is 0.935. The van der Waals surface area contributed by atoms with Crippen molar-refractivity contribution < 1.29 is 8.78 Å². The van der Waals surface area contributed by atoms with Crippen LogP contribution in [0.2, 0.25) is 0 Å². The second-order valence-corrected chi connectivity index (χ2v) is 3.33. The molecule has 1 aliphatic heterocycles. The number of likely N-dealkylation sites (tertiary alicyclic amines) is 1. The average Bonchev–Trinajstić information content (AvgIpc) is 2.36. The lowest BCUT2D eigenvalue weighted by Gasteiger charge is -2.19. The lowest BCUT2D eigenvalue weighted by molar-refractivity contribution is 0.142. The molecule has 1 saturated heterocycles. The summed E-state index contributed by atoms with van der Waals surface area (Å²) in [6.07, 6.45) is 0.0984. The van der Waals surface area contributed by atoms with Crippen molar-refractivity contribution >= 4 is 0 Å². The molecular formula is C8H16F2N2. The monoisotopic (exact) mass is 178 g/mol. The standard InChI is InChI=1S/C8H16F2N2/c1-12-4-2-3-7(12)5-11-6-8(9)10/h7-8,11H,2-6H2,1H3. The summed E-state index contributed by atoms with van der Waals surface area (Å²) < 4.78 is 23.5. The van der Waals surface area contributed by atoms with Gasteiger partial charge in [0.25, 0.3) is 6.43 Å². The molecule has 0 amide bonds. The van der Waals surface area contributed by atoms with E-state index in [4.69, 9.17) is 0 Å². The van der Waals surface area contributed by atoms with Crippen LogP contribution in [0.25, 0.3) is 0 Å². The first kappa shape index (κ1) is 9.86. The fourth-order valence-electron chi connectivity index (χ4n) is 1.60. The van der Waals surface area contributed by atoms with Gasteiger partial charge in [-0.3, -0.25) is 0 Å². The maximum absolute atomic E-state index is 11.7. The predicted molar refractivity (Wildman–Crippen MR) is 44.5 cm³/mol. The molecule has 0 aromatic carbocycles. The molecule has 1 aliphatic rings. The first-order chi connectivity index (χ1) is 5.70. The molecule has 1 unspecified atom stereocenters. The van der Waals surface area contributed by atoms with Crippen LogP contribution in [0.15, 0.2) is 0 Å². The fraction of sp³-hybridized carbons (Fsp3) is 1.00. The van der Waals surface area contributed by atoms with E-state index in [1.165, 1.54) is 6.42 Å². The Hall–Kier alpha value is -0.220. The Labute approximate surface area is 71.9 Å². The number of nitrogens with zero attached hydrogens (tertiary/aromatic N) is 1. The third kappa shape index (κ3) is 3.03. The number of rotatable bonds is 4. The second kappa shape index (κ2) is 4.72. The zero-order valence-corrected chi connectivity index (χ0v) is 7.39. The van der Waals surface area contributed by atoms with E-state index in [0.717, 1.165) is 13.0 Å². The van der Waals surface area contributed by atoms with Gasteiger partial charge in [-0.1, -0.05) is 0 Å². The van der Waals surface area contributed by atoms with Crippen LogP contribution >= 0.6 is 0 Å². The Morgan fingerprint density at radius 1 is 1.58 bits per heavy atom. The summed E-state index contributed by atoms with van der Waals surface area (Å²) in [5.74, 6) is 0. The number of nitrogens with one attached hydrogen (secondary N) is 1. The van der Waals surface area contributed by atoms with E-state index in [9.17, 15) is 8.78 Å². The highest BCUT2D eigenvalue weighted by Gasteiger charge is 2.20. The molecule has 12 heavy (non-hydrogen) atoms. The van der Waals surface area contributed by atoms with Crippen molar-refractivity contribution in [3.8, 4) is 0 Å². The Kier molecular flexibility index (Phi) is 3.88. The third-order valence-corrected chi connectivity index (χ3v) is 2.35. The van der Waals surface area contributed by atoms with Gasteiger partial charge in [0.1, 0.15) is 0 Å². The van der Waals surface area contributed by atoms with Crippen molar-refractivity contribution in [1.82, 2.24) is 10.2 Å². The van der Waals surface area contributed by atoms with E-state index in [1.807, 2.05) is 7.05 Å². The smallest absolute Gasteiger partial charge is 0.250 e. The molecule has 1 heterocycles. The van der Waals surface area contributed by atoms with Gasteiger partial charge in [0.2, 0.25) is 0 Å². The maximum atomic E-state index is 11.7. The van der Waals surface area contributed by atoms with Crippen LogP contribution < -0.4 is 5.32 Å². The van der Waals surface area contributed by atoms with Gasteiger partial charge in [-0.25, -0.2) is 8.78 Å². The molecule has 0 saturated carbocycles. The average molecular weight is 178 g/mol. The minimum Gasteiger partial charge on any atom is -0.310 e. The molecular weight excluding hydrogens is 162 g/mol. The molecule has 1 atom stereocenters. The van der Waals surface area contributed by atoms with Gasteiger partial charge in [0.05, 0.1) is 6.54 Å². The quantitative estimate of drug-likeness (QED) is 0.689. The van der Waals surface area contributed by atoms with Crippen molar-refractivity contribution in [1.29, 1.82) is 0 Å². The van der Waals surface area contributed by atoms with Gasteiger partial charge in [-0.05, 0) is 26.4 Å². The molecule has 1 N–H and O–H groups in total. The summed E-state index contributed by atoms with van der Waals surface area (Å²) in [4.78, 5) is 2.22. The lowest BCUT2D eigenvalue weighted by atomic mass is 10.2. The van der Waals surface area contributed by atoms with Crippen molar-refractivity contribution in [2.24, 2.45) is 0 Å². The summed E-state index contributed by atoms with van der Waals surface area (Å²) >= 11 is 0. The van der Waals surface area contributed by atoms with Gasteiger partial charge in [-0.2, -0.15) is 0 Å². The SMILES string of the molecule is CN1CCCC1CNCC(F)F. The van der Waals surface area contributed by atoms with E-state index in [0.29, 0.717) is 12.6 Å². The Bertz CT molecular complexity index is 130. The van der Waals surface area contributed by atoms with E-state index in [-0.39, 0.29) is 6.54 Å². The summed E-state index contributed by atoms with van der Waals surface area (Å²) in [6.45, 7) is 1.62. The van der Waals surface area contributed by atoms with E-state index in [1.54, 1.807) is 0 Å². The van der Waals surface area contributed by atoms with Crippen LogP contribution in [-0.4, -0.2) is 44.0 Å². The van der Waals surface area contributed by atoms with Gasteiger partial charge >= 0.3 is 0 Å². The Morgan fingerprint density at radius 3 is 2.83 bits per heavy atom.